The Morgan fingerprint density at radius 2 is 1.70 bits per heavy atom. The van der Waals surface area contributed by atoms with Crippen LogP contribution in [0.25, 0.3) is 10.9 Å². The molecular weight excluding hydrogens is 853 g/mol. The van der Waals surface area contributed by atoms with Crippen LogP contribution in [0.4, 0.5) is 5.69 Å². The zero-order valence-corrected chi connectivity index (χ0v) is 40.2. The van der Waals surface area contributed by atoms with E-state index in [9.17, 15) is 19.5 Å². The zero-order valence-electron chi connectivity index (χ0n) is 40.2. The van der Waals surface area contributed by atoms with Crippen molar-refractivity contribution in [2.45, 2.75) is 112 Å². The molecule has 4 N–H and O–H groups in total. The molecule has 3 saturated heterocycles. The molecule has 15 heteroatoms. The number of hydrogen-bond donors (Lipinski definition) is 4. The zero-order chi connectivity index (χ0) is 47.3. The second-order valence-electron chi connectivity index (χ2n) is 20.8. The second kappa shape index (κ2) is 16.6. The molecule has 1 amide bonds. The van der Waals surface area contributed by atoms with Crippen molar-refractivity contribution in [3.05, 3.63) is 70.9 Å². The number of methoxy groups -OCH3 is 3. The van der Waals surface area contributed by atoms with Crippen molar-refractivity contribution in [2.75, 3.05) is 79.1 Å². The summed E-state index contributed by atoms with van der Waals surface area (Å²) in [7, 11) is 6.21. The molecule has 2 aromatic carbocycles. The van der Waals surface area contributed by atoms with Gasteiger partial charge >= 0.3 is 17.9 Å². The van der Waals surface area contributed by atoms with Crippen molar-refractivity contribution >= 4 is 40.4 Å². The van der Waals surface area contributed by atoms with E-state index < -0.39 is 57.4 Å². The van der Waals surface area contributed by atoms with Crippen LogP contribution in [-0.4, -0.2) is 147 Å². The van der Waals surface area contributed by atoms with Crippen molar-refractivity contribution in [1.82, 2.24) is 25.4 Å². The molecule has 1 aromatic heterocycles. The molecule has 6 aliphatic heterocycles. The van der Waals surface area contributed by atoms with Gasteiger partial charge in [-0.15, -0.1) is 0 Å². The monoisotopic (exact) mass is 921 g/mol. The summed E-state index contributed by atoms with van der Waals surface area (Å²) in [6.45, 7) is 10.6. The number of H-pyrrole nitrogens is 1. The average Bonchev–Trinajstić information content (AvgIpc) is 4.00. The number of nitrogens with zero attached hydrogens (tertiary/aromatic N) is 3. The Balaban J connectivity index is 1.21. The van der Waals surface area contributed by atoms with Crippen LogP contribution in [0.2, 0.25) is 0 Å². The number of aromatic nitrogens is 1. The van der Waals surface area contributed by atoms with Gasteiger partial charge in [0, 0.05) is 96.9 Å². The summed E-state index contributed by atoms with van der Waals surface area (Å²) in [5, 5.41) is 21.5. The molecular formula is C52H68N6O9. The second-order valence-corrected chi connectivity index (χ2v) is 20.8. The highest BCUT2D eigenvalue weighted by atomic mass is 16.6. The van der Waals surface area contributed by atoms with E-state index in [1.54, 1.807) is 7.11 Å². The van der Waals surface area contributed by atoms with Gasteiger partial charge in [0.05, 0.1) is 32.9 Å². The molecule has 15 nitrogen and oxygen atoms in total. The molecule has 360 valence electrons. The summed E-state index contributed by atoms with van der Waals surface area (Å²) >= 11 is 0. The van der Waals surface area contributed by atoms with Crippen molar-refractivity contribution in [1.29, 1.82) is 0 Å². The summed E-state index contributed by atoms with van der Waals surface area (Å²) in [5.41, 5.74) is -1.26. The standard InChI is InChI=1S/C52H68N6O9/c1-8-48(55-42(60)33-15-20-53-21-16-33)27-32-28-51(46(61)65-6,41-35(17-23-57(29-32)30-48)34-13-10-11-14-38(34)54-41)37-25-36-39(26-40(37)64-5)56(4)44-50(36)19-24-58-22-12-18-49(9-2,43(50)58)45(67-31(3)59)52(44,63)47(62)66-7/h10-14,18,25-26,32-33,43-45,53-54,63H,8-9,15-17,19-24,27-30H2,1-7H3,(H,55,60)/t32-,43+,44-,45-,48+,49-,50-,51+,52+/m1/s1. The Kier molecular flexibility index (Phi) is 11.4. The summed E-state index contributed by atoms with van der Waals surface area (Å²) in [6.07, 6.45) is 7.86. The quantitative estimate of drug-likeness (QED) is 0.137. The van der Waals surface area contributed by atoms with E-state index in [0.29, 0.717) is 63.1 Å². The third-order valence-electron chi connectivity index (χ3n) is 17.7. The first-order chi connectivity index (χ1) is 32.2. The highest BCUT2D eigenvalue weighted by molar-refractivity contribution is 5.95. The van der Waals surface area contributed by atoms with Gasteiger partial charge in [0.25, 0.3) is 0 Å². The van der Waals surface area contributed by atoms with Gasteiger partial charge in [-0.3, -0.25) is 19.3 Å². The molecule has 3 aromatic rings. The van der Waals surface area contributed by atoms with Crippen molar-refractivity contribution in [3.63, 3.8) is 0 Å². The first-order valence-corrected chi connectivity index (χ1v) is 24.5. The van der Waals surface area contributed by atoms with Crippen molar-refractivity contribution in [2.24, 2.45) is 17.3 Å². The molecule has 67 heavy (non-hydrogen) atoms. The summed E-state index contributed by atoms with van der Waals surface area (Å²) in [6, 6.07) is 11.0. The fourth-order valence-electron chi connectivity index (χ4n) is 15.2. The highest BCUT2D eigenvalue weighted by Gasteiger charge is 2.80. The van der Waals surface area contributed by atoms with Gasteiger partial charge in [-0.1, -0.05) is 44.2 Å². The molecule has 1 aliphatic carbocycles. The first-order valence-electron chi connectivity index (χ1n) is 24.5. The van der Waals surface area contributed by atoms with Crippen LogP contribution in [0.5, 0.6) is 5.75 Å². The van der Waals surface area contributed by atoms with Crippen LogP contribution in [0.15, 0.2) is 48.6 Å². The number of benzene rings is 2. The normalized spacial score (nSPS) is 35.5. The number of ether oxygens (including phenoxy) is 4. The topological polar surface area (TPSA) is 175 Å². The lowest BCUT2D eigenvalue weighted by Gasteiger charge is -2.63. The number of carbonyl (C=O) groups excluding carboxylic acids is 4. The smallest absolute Gasteiger partial charge is 0.344 e. The number of aliphatic hydroxyl groups is 1. The maximum Gasteiger partial charge on any atom is 0.344 e. The number of carbonyl (C=O) groups is 4. The van der Waals surface area contributed by atoms with Gasteiger partial charge in [-0.25, -0.2) is 4.79 Å². The number of piperidine rings is 2. The third kappa shape index (κ3) is 6.42. The molecule has 1 unspecified atom stereocenters. The maximum atomic E-state index is 15.7. The number of nitrogens with one attached hydrogen (secondary N) is 3. The van der Waals surface area contributed by atoms with E-state index in [2.05, 4.69) is 62.7 Å². The fraction of sp³-hybridized carbons (Fsp3) is 0.615. The number of aromatic amines is 1. The van der Waals surface area contributed by atoms with Crippen molar-refractivity contribution in [3.8, 4) is 5.75 Å². The molecule has 7 heterocycles. The fourth-order valence-corrected chi connectivity index (χ4v) is 15.2. The average molecular weight is 921 g/mol. The number of fused-ring (bicyclic) bond motifs is 6. The van der Waals surface area contributed by atoms with E-state index in [1.165, 1.54) is 21.1 Å². The number of anilines is 1. The predicted molar refractivity (Wildman–Crippen MR) is 252 cm³/mol. The summed E-state index contributed by atoms with van der Waals surface area (Å²) in [5.74, 6) is -1.48. The molecule has 2 bridgehead atoms. The minimum Gasteiger partial charge on any atom is -0.496 e. The van der Waals surface area contributed by atoms with Crippen LogP contribution in [0.1, 0.15) is 88.1 Å². The van der Waals surface area contributed by atoms with E-state index in [0.717, 1.165) is 78.9 Å². The minimum absolute atomic E-state index is 0.0509. The van der Waals surface area contributed by atoms with Gasteiger partial charge in [0.1, 0.15) is 11.2 Å². The van der Waals surface area contributed by atoms with Gasteiger partial charge < -0.3 is 49.5 Å². The lowest BCUT2D eigenvalue weighted by Crippen LogP contribution is -2.81. The minimum atomic E-state index is -2.32. The SMILES string of the molecule is CC[C@]1(NC(=O)C2CCNCC2)C[C@H]2CN(CCc3c([nH]c4ccccc34)[C@@](C(=O)OC)(c3cc4c(cc3OC)N(C)[C@H]3[C@@](O)(C(=O)OC)[C@H](OC(C)=O)[C@]5(CC)C=CCN6CC[C@]43[C@@H]65)C2)C1. The van der Waals surface area contributed by atoms with Crippen LogP contribution >= 0.6 is 0 Å². The highest BCUT2D eigenvalue weighted by Crippen LogP contribution is 2.68. The lowest BCUT2D eigenvalue weighted by molar-refractivity contribution is -0.228. The first kappa shape index (κ1) is 45.8. The maximum absolute atomic E-state index is 15.7. The van der Waals surface area contributed by atoms with Gasteiger partial charge in [-0.2, -0.15) is 0 Å². The molecule has 0 radical (unpaired) electrons. The third-order valence-corrected chi connectivity index (χ3v) is 17.7. The largest absolute Gasteiger partial charge is 0.496 e. The Bertz CT molecular complexity index is 2520. The van der Waals surface area contributed by atoms with Crippen LogP contribution in [0.3, 0.4) is 0 Å². The summed E-state index contributed by atoms with van der Waals surface area (Å²) in [4.78, 5) is 68.2. The Hall–Kier alpha value is -4.96. The lowest BCUT2D eigenvalue weighted by atomic mass is 9.47. The van der Waals surface area contributed by atoms with E-state index in [-0.39, 0.29) is 23.8 Å². The van der Waals surface area contributed by atoms with E-state index in [1.807, 2.05) is 37.1 Å². The molecule has 10 rings (SSSR count). The van der Waals surface area contributed by atoms with Crippen LogP contribution in [-0.2, 0) is 50.6 Å². The number of likely N-dealkylation sites (N-methyl/N-ethyl adjacent to an activating group) is 1. The van der Waals surface area contributed by atoms with Crippen LogP contribution < -0.4 is 20.3 Å². The Morgan fingerprint density at radius 1 is 0.940 bits per heavy atom. The Morgan fingerprint density at radius 3 is 2.40 bits per heavy atom. The number of amides is 1. The summed E-state index contributed by atoms with van der Waals surface area (Å²) < 4.78 is 24.3. The molecule has 1 saturated carbocycles. The molecule has 4 fully saturated rings. The van der Waals surface area contributed by atoms with Crippen molar-refractivity contribution < 1.29 is 43.2 Å². The molecule has 7 aliphatic rings. The molecule has 10 atom stereocenters. The predicted octanol–water partition coefficient (Wildman–Crippen LogP) is 4.11. The van der Waals surface area contributed by atoms with E-state index in [4.69, 9.17) is 18.9 Å². The number of rotatable bonds is 9. The number of para-hydroxylation sites is 1. The Labute approximate surface area is 393 Å². The van der Waals surface area contributed by atoms with Gasteiger partial charge in [0.2, 0.25) is 11.5 Å². The van der Waals surface area contributed by atoms with Crippen LogP contribution in [0, 0.1) is 17.3 Å². The van der Waals surface area contributed by atoms with Gasteiger partial charge in [0.15, 0.2) is 6.10 Å². The number of esters is 3. The van der Waals surface area contributed by atoms with E-state index >= 15 is 4.79 Å². The number of hydrogen-bond acceptors (Lipinski definition) is 13. The van der Waals surface area contributed by atoms with Gasteiger partial charge in [-0.05, 0) is 100 Å². The molecule has 1 spiro atoms.